The summed E-state index contributed by atoms with van der Waals surface area (Å²) in [5, 5.41) is 8.96. The lowest BCUT2D eigenvalue weighted by Crippen LogP contribution is -2.41. The van der Waals surface area contributed by atoms with Crippen molar-refractivity contribution < 1.29 is 19.1 Å². The third-order valence-corrected chi connectivity index (χ3v) is 4.05. The van der Waals surface area contributed by atoms with Crippen LogP contribution >= 0.6 is 24.0 Å². The third kappa shape index (κ3) is 2.88. The maximum atomic E-state index is 13.1. The van der Waals surface area contributed by atoms with Gasteiger partial charge >= 0.3 is 5.97 Å². The highest BCUT2D eigenvalue weighted by Crippen LogP contribution is 2.33. The summed E-state index contributed by atoms with van der Waals surface area (Å²) >= 11 is 6.03. The van der Waals surface area contributed by atoms with Crippen molar-refractivity contribution in [1.29, 1.82) is 0 Å². The van der Waals surface area contributed by atoms with Crippen LogP contribution in [0.5, 0.6) is 0 Å². The van der Waals surface area contributed by atoms with E-state index in [9.17, 15) is 14.0 Å². The molecule has 0 bridgehead atoms. The zero-order valence-corrected chi connectivity index (χ0v) is 12.0. The Bertz CT molecular complexity index is 630. The van der Waals surface area contributed by atoms with Crippen molar-refractivity contribution in [2.45, 2.75) is 13.0 Å². The predicted octanol–water partition coefficient (Wildman–Crippen LogP) is 2.50. The average molecular weight is 311 g/mol. The number of carboxylic acids is 1. The van der Waals surface area contributed by atoms with Crippen LogP contribution in [0.15, 0.2) is 29.2 Å². The third-order valence-electron chi connectivity index (χ3n) is 2.71. The summed E-state index contributed by atoms with van der Waals surface area (Å²) in [5.74, 6) is -2.01. The normalized spacial score (nSPS) is 18.7. The summed E-state index contributed by atoms with van der Waals surface area (Å²) in [6.45, 7) is 1.39. The van der Waals surface area contributed by atoms with Gasteiger partial charge in [0, 0.05) is 0 Å². The molecule has 1 fully saturated rings. The molecular weight excluding hydrogens is 301 g/mol. The van der Waals surface area contributed by atoms with Gasteiger partial charge in [-0.3, -0.25) is 9.69 Å². The fourth-order valence-electron chi connectivity index (χ4n) is 1.67. The number of carbonyl (C=O) groups is 2. The fraction of sp³-hybridized carbons (Fsp3) is 0.154. The molecule has 20 heavy (non-hydrogen) atoms. The summed E-state index contributed by atoms with van der Waals surface area (Å²) in [5.41, 5.74) is 0.522. The molecule has 7 heteroatoms. The minimum atomic E-state index is -1.13. The molecule has 0 unspecified atom stereocenters. The summed E-state index contributed by atoms with van der Waals surface area (Å²) < 4.78 is 13.3. The van der Waals surface area contributed by atoms with Crippen molar-refractivity contribution in [3.05, 3.63) is 40.6 Å². The molecule has 1 N–H and O–H groups in total. The number of amides is 1. The monoisotopic (exact) mass is 311 g/mol. The van der Waals surface area contributed by atoms with E-state index < -0.39 is 23.7 Å². The molecule has 1 atom stereocenters. The van der Waals surface area contributed by atoms with Crippen molar-refractivity contribution in [1.82, 2.24) is 4.90 Å². The van der Waals surface area contributed by atoms with Crippen LogP contribution in [-0.2, 0) is 9.59 Å². The Morgan fingerprint density at radius 1 is 1.55 bits per heavy atom. The van der Waals surface area contributed by atoms with Gasteiger partial charge in [-0.15, -0.1) is 0 Å². The summed E-state index contributed by atoms with van der Waals surface area (Å²) in [4.78, 5) is 24.4. The molecule has 0 spiro atoms. The van der Waals surface area contributed by atoms with Gasteiger partial charge in [-0.2, -0.15) is 0 Å². The quantitative estimate of drug-likeness (QED) is 0.686. The van der Waals surface area contributed by atoms with Crippen LogP contribution in [0.4, 0.5) is 4.39 Å². The molecule has 1 aliphatic rings. The molecule has 1 amide bonds. The van der Waals surface area contributed by atoms with Crippen molar-refractivity contribution in [2.24, 2.45) is 0 Å². The maximum Gasteiger partial charge on any atom is 0.326 e. The molecule has 2 rings (SSSR count). The van der Waals surface area contributed by atoms with Gasteiger partial charge < -0.3 is 5.11 Å². The van der Waals surface area contributed by atoms with Crippen LogP contribution in [0.3, 0.4) is 0 Å². The van der Waals surface area contributed by atoms with Gasteiger partial charge in [-0.05, 0) is 30.7 Å². The Morgan fingerprint density at radius 2 is 2.25 bits per heavy atom. The van der Waals surface area contributed by atoms with Crippen molar-refractivity contribution >= 4 is 46.3 Å². The van der Waals surface area contributed by atoms with Crippen molar-refractivity contribution in [3.63, 3.8) is 0 Å². The lowest BCUT2D eigenvalue weighted by atomic mass is 10.2. The van der Waals surface area contributed by atoms with Gasteiger partial charge in [-0.1, -0.05) is 36.1 Å². The summed E-state index contributed by atoms with van der Waals surface area (Å²) in [7, 11) is 0. The molecule has 0 radical (unpaired) electrons. The van der Waals surface area contributed by atoms with Crippen LogP contribution in [0.2, 0.25) is 0 Å². The highest BCUT2D eigenvalue weighted by molar-refractivity contribution is 8.26. The van der Waals surface area contributed by atoms with Gasteiger partial charge in [0.25, 0.3) is 5.91 Å². The number of halogens is 1. The van der Waals surface area contributed by atoms with Gasteiger partial charge in [0.1, 0.15) is 16.2 Å². The fourth-order valence-corrected chi connectivity index (χ4v) is 3.09. The SMILES string of the molecule is C[C@H](C(=O)O)N1C(=O)/C(=C/c2cccc(F)c2)SC1=S. The minimum Gasteiger partial charge on any atom is -0.480 e. The predicted molar refractivity (Wildman–Crippen MR) is 78.5 cm³/mol. The average Bonchev–Trinajstić information content (AvgIpc) is 2.63. The number of benzene rings is 1. The zero-order chi connectivity index (χ0) is 14.9. The number of carboxylic acid groups (broad SMARTS) is 1. The molecule has 1 heterocycles. The molecule has 0 saturated carbocycles. The van der Waals surface area contributed by atoms with E-state index in [1.165, 1.54) is 31.2 Å². The molecule has 1 aromatic rings. The highest BCUT2D eigenvalue weighted by atomic mass is 32.2. The molecule has 1 saturated heterocycles. The molecule has 1 aliphatic heterocycles. The molecular formula is C13H10FNO3S2. The lowest BCUT2D eigenvalue weighted by molar-refractivity contribution is -0.144. The number of rotatable bonds is 3. The van der Waals surface area contributed by atoms with Gasteiger partial charge in [0.2, 0.25) is 0 Å². The number of thioether (sulfide) groups is 1. The first kappa shape index (κ1) is 14.7. The number of nitrogens with zero attached hydrogens (tertiary/aromatic N) is 1. The van der Waals surface area contributed by atoms with Crippen LogP contribution < -0.4 is 0 Å². The number of carbonyl (C=O) groups excluding carboxylic acids is 1. The van der Waals surface area contributed by atoms with Crippen molar-refractivity contribution in [2.75, 3.05) is 0 Å². The second kappa shape index (κ2) is 5.72. The molecule has 4 nitrogen and oxygen atoms in total. The largest absolute Gasteiger partial charge is 0.480 e. The Labute approximate surface area is 124 Å². The highest BCUT2D eigenvalue weighted by Gasteiger charge is 2.38. The topological polar surface area (TPSA) is 57.6 Å². The standard InChI is InChI=1S/C13H10FNO3S2/c1-7(12(17)18)15-11(16)10(20-13(15)19)6-8-3-2-4-9(14)5-8/h2-7H,1H3,(H,17,18)/b10-6-/t7-/m1/s1. The van der Waals surface area contributed by atoms with E-state index >= 15 is 0 Å². The van der Waals surface area contributed by atoms with Crippen LogP contribution in [0, 0.1) is 5.82 Å². The van der Waals surface area contributed by atoms with E-state index in [-0.39, 0.29) is 9.23 Å². The molecule has 0 aliphatic carbocycles. The number of aliphatic carboxylic acids is 1. The van der Waals surface area contributed by atoms with E-state index in [0.717, 1.165) is 16.7 Å². The molecule has 1 aromatic carbocycles. The first-order valence-electron chi connectivity index (χ1n) is 5.65. The minimum absolute atomic E-state index is 0.188. The Balaban J connectivity index is 2.30. The van der Waals surface area contributed by atoms with E-state index in [4.69, 9.17) is 17.3 Å². The van der Waals surface area contributed by atoms with E-state index in [2.05, 4.69) is 0 Å². The number of thiocarbonyl (C=S) groups is 1. The first-order valence-corrected chi connectivity index (χ1v) is 6.88. The molecule has 0 aromatic heterocycles. The van der Waals surface area contributed by atoms with Gasteiger partial charge in [-0.25, -0.2) is 9.18 Å². The lowest BCUT2D eigenvalue weighted by Gasteiger charge is -2.18. The second-order valence-electron chi connectivity index (χ2n) is 4.12. The van der Waals surface area contributed by atoms with Crippen LogP contribution in [0.1, 0.15) is 12.5 Å². The van der Waals surface area contributed by atoms with E-state index in [1.807, 2.05) is 0 Å². The molecule has 104 valence electrons. The van der Waals surface area contributed by atoms with Gasteiger partial charge in [0.15, 0.2) is 0 Å². The summed E-state index contributed by atoms with van der Waals surface area (Å²) in [6, 6.07) is 4.74. The Hall–Kier alpha value is -1.73. The smallest absolute Gasteiger partial charge is 0.326 e. The summed E-state index contributed by atoms with van der Waals surface area (Å²) in [6.07, 6.45) is 1.50. The van der Waals surface area contributed by atoms with E-state index in [1.54, 1.807) is 6.07 Å². The van der Waals surface area contributed by atoms with Crippen LogP contribution in [-0.4, -0.2) is 32.2 Å². The van der Waals surface area contributed by atoms with Crippen LogP contribution in [0.25, 0.3) is 6.08 Å². The Kier molecular flexibility index (Phi) is 4.20. The Morgan fingerprint density at radius 3 is 2.85 bits per heavy atom. The maximum absolute atomic E-state index is 13.1. The van der Waals surface area contributed by atoms with Gasteiger partial charge in [0.05, 0.1) is 4.91 Å². The zero-order valence-electron chi connectivity index (χ0n) is 10.4. The van der Waals surface area contributed by atoms with E-state index in [0.29, 0.717) is 5.56 Å². The second-order valence-corrected chi connectivity index (χ2v) is 5.80. The first-order chi connectivity index (χ1) is 9.40. The van der Waals surface area contributed by atoms with Crippen molar-refractivity contribution in [3.8, 4) is 0 Å². The number of hydrogen-bond donors (Lipinski definition) is 1. The number of hydrogen-bond acceptors (Lipinski definition) is 4.